The summed E-state index contributed by atoms with van der Waals surface area (Å²) >= 11 is 0. The quantitative estimate of drug-likeness (QED) is 0.606. The van der Waals surface area contributed by atoms with Crippen LogP contribution in [0, 0.1) is 5.92 Å². The molecule has 0 saturated carbocycles. The zero-order valence-electron chi connectivity index (χ0n) is 15.5. The predicted molar refractivity (Wildman–Crippen MR) is 111 cm³/mol. The third-order valence-electron chi connectivity index (χ3n) is 4.19. The maximum Gasteiger partial charge on any atom is 0.243 e. The highest BCUT2D eigenvalue weighted by atomic mass is 16.2. The molecule has 0 atom stereocenters. The lowest BCUT2D eigenvalue weighted by atomic mass is 10.1. The minimum atomic E-state index is -0.137. The van der Waals surface area contributed by atoms with Crippen molar-refractivity contribution in [1.82, 2.24) is 0 Å². The lowest BCUT2D eigenvalue weighted by Crippen LogP contribution is -2.22. The lowest BCUT2D eigenvalue weighted by molar-refractivity contribution is -0.119. The lowest BCUT2D eigenvalue weighted by Gasteiger charge is -2.11. The Hall–Kier alpha value is -3.34. The minimum absolute atomic E-state index is 0.0360. The molecule has 138 valence electrons. The van der Waals surface area contributed by atoms with Crippen LogP contribution in [-0.2, 0) is 9.59 Å². The Labute approximate surface area is 158 Å². The highest BCUT2D eigenvalue weighted by Gasteiger charge is 2.08. The highest BCUT2D eigenvalue weighted by Crippen LogP contribution is 2.22. The van der Waals surface area contributed by atoms with E-state index in [0.29, 0.717) is 11.4 Å². The Morgan fingerprint density at radius 2 is 1.44 bits per heavy atom. The number of benzene rings is 3. The second kappa shape index (κ2) is 8.36. The summed E-state index contributed by atoms with van der Waals surface area (Å²) in [5, 5.41) is 11.1. The Bertz CT molecular complexity index is 944. The van der Waals surface area contributed by atoms with E-state index in [2.05, 4.69) is 16.0 Å². The molecule has 5 nitrogen and oxygen atoms in total. The van der Waals surface area contributed by atoms with Gasteiger partial charge in [-0.2, -0.15) is 0 Å². The number of fused-ring (bicyclic) bond motifs is 1. The largest absolute Gasteiger partial charge is 0.376 e. The smallest absolute Gasteiger partial charge is 0.243 e. The van der Waals surface area contributed by atoms with E-state index in [-0.39, 0.29) is 24.3 Å². The third kappa shape index (κ3) is 4.85. The van der Waals surface area contributed by atoms with Crippen LogP contribution in [0.5, 0.6) is 0 Å². The standard InChI is InChI=1S/C22H23N3O2/c1-15(2)22(27)25-18-12-10-17(11-13-18)24-21(26)14-23-20-9-5-7-16-6-3-4-8-19(16)20/h3-13,15,23H,14H2,1-2H3,(H,24,26)(H,25,27). The van der Waals surface area contributed by atoms with Crippen LogP contribution in [0.3, 0.4) is 0 Å². The molecule has 3 rings (SSSR count). The number of nitrogens with one attached hydrogen (secondary N) is 3. The van der Waals surface area contributed by atoms with Crippen LogP contribution in [0.25, 0.3) is 10.8 Å². The monoisotopic (exact) mass is 361 g/mol. The van der Waals surface area contributed by atoms with Gasteiger partial charge in [-0.25, -0.2) is 0 Å². The van der Waals surface area contributed by atoms with Gasteiger partial charge in [0.1, 0.15) is 0 Å². The first kappa shape index (κ1) is 18.5. The summed E-state index contributed by atoms with van der Waals surface area (Å²) in [5.41, 5.74) is 2.32. The molecule has 0 aromatic heterocycles. The van der Waals surface area contributed by atoms with Gasteiger partial charge in [0.25, 0.3) is 0 Å². The first-order chi connectivity index (χ1) is 13.0. The van der Waals surface area contributed by atoms with Crippen LogP contribution in [0.1, 0.15) is 13.8 Å². The molecule has 0 aliphatic rings. The zero-order valence-corrected chi connectivity index (χ0v) is 15.5. The molecule has 5 heteroatoms. The van der Waals surface area contributed by atoms with Crippen molar-refractivity contribution in [2.45, 2.75) is 13.8 Å². The van der Waals surface area contributed by atoms with E-state index in [1.807, 2.05) is 56.3 Å². The SMILES string of the molecule is CC(C)C(=O)Nc1ccc(NC(=O)CNc2cccc3ccccc23)cc1. The molecule has 0 unspecified atom stereocenters. The first-order valence-corrected chi connectivity index (χ1v) is 8.95. The van der Waals surface area contributed by atoms with Gasteiger partial charge < -0.3 is 16.0 Å². The topological polar surface area (TPSA) is 70.2 Å². The summed E-state index contributed by atoms with van der Waals surface area (Å²) in [6, 6.07) is 21.1. The summed E-state index contributed by atoms with van der Waals surface area (Å²) in [5.74, 6) is -0.252. The number of hydrogen-bond donors (Lipinski definition) is 3. The second-order valence-corrected chi connectivity index (χ2v) is 6.65. The van der Waals surface area contributed by atoms with Crippen LogP contribution in [0.15, 0.2) is 66.7 Å². The number of carbonyl (C=O) groups excluding carboxylic acids is 2. The van der Waals surface area contributed by atoms with Crippen LogP contribution in [0.4, 0.5) is 17.1 Å². The van der Waals surface area contributed by atoms with E-state index in [1.165, 1.54) is 0 Å². The van der Waals surface area contributed by atoms with Crippen molar-refractivity contribution in [2.75, 3.05) is 22.5 Å². The molecule has 0 radical (unpaired) electrons. The number of hydrogen-bond acceptors (Lipinski definition) is 3. The summed E-state index contributed by atoms with van der Waals surface area (Å²) in [4.78, 5) is 23.9. The maximum absolute atomic E-state index is 12.2. The summed E-state index contributed by atoms with van der Waals surface area (Å²) in [6.45, 7) is 3.85. The van der Waals surface area contributed by atoms with Crippen LogP contribution >= 0.6 is 0 Å². The second-order valence-electron chi connectivity index (χ2n) is 6.65. The number of amides is 2. The van der Waals surface area contributed by atoms with Gasteiger partial charge in [-0.05, 0) is 35.7 Å². The Balaban J connectivity index is 1.57. The van der Waals surface area contributed by atoms with Crippen molar-refractivity contribution >= 4 is 39.6 Å². The van der Waals surface area contributed by atoms with E-state index < -0.39 is 0 Å². The molecule has 0 aliphatic heterocycles. The van der Waals surface area contributed by atoms with Gasteiger partial charge in [0.2, 0.25) is 11.8 Å². The van der Waals surface area contributed by atoms with Crippen LogP contribution < -0.4 is 16.0 Å². The summed E-state index contributed by atoms with van der Waals surface area (Å²) < 4.78 is 0. The van der Waals surface area contributed by atoms with E-state index in [4.69, 9.17) is 0 Å². The Morgan fingerprint density at radius 3 is 2.15 bits per heavy atom. The maximum atomic E-state index is 12.2. The predicted octanol–water partition coefficient (Wildman–Crippen LogP) is 4.48. The normalized spacial score (nSPS) is 10.6. The summed E-state index contributed by atoms with van der Waals surface area (Å²) in [7, 11) is 0. The molecule has 27 heavy (non-hydrogen) atoms. The van der Waals surface area contributed by atoms with Crippen LogP contribution in [0.2, 0.25) is 0 Å². The van der Waals surface area contributed by atoms with Gasteiger partial charge in [-0.3, -0.25) is 9.59 Å². The van der Waals surface area contributed by atoms with Crippen molar-refractivity contribution in [2.24, 2.45) is 5.92 Å². The molecule has 0 heterocycles. The van der Waals surface area contributed by atoms with E-state index in [0.717, 1.165) is 16.5 Å². The first-order valence-electron chi connectivity index (χ1n) is 8.95. The third-order valence-corrected chi connectivity index (χ3v) is 4.19. The molecule has 0 fully saturated rings. The van der Waals surface area contributed by atoms with Gasteiger partial charge in [0, 0.05) is 28.4 Å². The van der Waals surface area contributed by atoms with Crippen molar-refractivity contribution in [3.8, 4) is 0 Å². The fraction of sp³-hybridized carbons (Fsp3) is 0.182. The van der Waals surface area contributed by atoms with Crippen LogP contribution in [-0.4, -0.2) is 18.4 Å². The van der Waals surface area contributed by atoms with Crippen molar-refractivity contribution in [3.05, 3.63) is 66.7 Å². The van der Waals surface area contributed by atoms with Crippen molar-refractivity contribution in [1.29, 1.82) is 0 Å². The fourth-order valence-corrected chi connectivity index (χ4v) is 2.68. The number of rotatable bonds is 6. The number of anilines is 3. The zero-order chi connectivity index (χ0) is 19.2. The molecule has 2 amide bonds. The Morgan fingerprint density at radius 1 is 0.815 bits per heavy atom. The van der Waals surface area contributed by atoms with Crippen molar-refractivity contribution in [3.63, 3.8) is 0 Å². The van der Waals surface area contributed by atoms with E-state index >= 15 is 0 Å². The average molecular weight is 361 g/mol. The molecule has 0 spiro atoms. The highest BCUT2D eigenvalue weighted by molar-refractivity contribution is 5.98. The molecule has 3 aromatic rings. The van der Waals surface area contributed by atoms with Gasteiger partial charge in [0.15, 0.2) is 0 Å². The van der Waals surface area contributed by atoms with E-state index in [1.54, 1.807) is 24.3 Å². The van der Waals surface area contributed by atoms with Gasteiger partial charge in [-0.1, -0.05) is 50.2 Å². The van der Waals surface area contributed by atoms with E-state index in [9.17, 15) is 9.59 Å². The molecule has 3 aromatic carbocycles. The van der Waals surface area contributed by atoms with Crippen molar-refractivity contribution < 1.29 is 9.59 Å². The number of carbonyl (C=O) groups is 2. The molecule has 0 saturated heterocycles. The Kier molecular flexibility index (Phi) is 5.71. The molecular weight excluding hydrogens is 338 g/mol. The molecule has 0 bridgehead atoms. The molecule has 0 aliphatic carbocycles. The molecule has 3 N–H and O–H groups in total. The van der Waals surface area contributed by atoms with Gasteiger partial charge in [-0.15, -0.1) is 0 Å². The average Bonchev–Trinajstić information content (AvgIpc) is 2.67. The van der Waals surface area contributed by atoms with Gasteiger partial charge >= 0.3 is 0 Å². The fourth-order valence-electron chi connectivity index (χ4n) is 2.68. The summed E-state index contributed by atoms with van der Waals surface area (Å²) in [6.07, 6.45) is 0. The minimum Gasteiger partial charge on any atom is -0.376 e. The molecular formula is C22H23N3O2. The van der Waals surface area contributed by atoms with Gasteiger partial charge in [0.05, 0.1) is 6.54 Å².